The van der Waals surface area contributed by atoms with Crippen molar-refractivity contribution in [3.05, 3.63) is 35.9 Å². The summed E-state index contributed by atoms with van der Waals surface area (Å²) in [5.41, 5.74) is 6.66. The van der Waals surface area contributed by atoms with Crippen molar-refractivity contribution in [2.24, 2.45) is 5.73 Å². The van der Waals surface area contributed by atoms with E-state index in [9.17, 15) is 9.59 Å². The van der Waals surface area contributed by atoms with E-state index >= 15 is 0 Å². The first-order chi connectivity index (χ1) is 10.5. The molecule has 7 heteroatoms. The van der Waals surface area contributed by atoms with Gasteiger partial charge in [0.2, 0.25) is 5.91 Å². The number of hydrogen-bond acceptors (Lipinski definition) is 3. The molecular weight excluding hydrogens is 316 g/mol. The van der Waals surface area contributed by atoms with Crippen LogP contribution in [0.15, 0.2) is 30.3 Å². The normalized spacial score (nSPS) is 11.1. The van der Waals surface area contributed by atoms with Crippen molar-refractivity contribution < 1.29 is 9.59 Å². The summed E-state index contributed by atoms with van der Waals surface area (Å²) in [5, 5.41) is 5.51. The molecule has 3 amide bonds. The zero-order valence-electron chi connectivity index (χ0n) is 13.7. The number of halogens is 1. The maximum Gasteiger partial charge on any atom is 0.317 e. The van der Waals surface area contributed by atoms with Gasteiger partial charge in [-0.2, -0.15) is 0 Å². The SMILES string of the molecule is CC(N)CCNC(=O)CCNC(=O)N(C)Cc1ccccc1.Cl. The van der Waals surface area contributed by atoms with Gasteiger partial charge < -0.3 is 21.3 Å². The Morgan fingerprint density at radius 3 is 2.43 bits per heavy atom. The zero-order valence-corrected chi connectivity index (χ0v) is 14.6. The van der Waals surface area contributed by atoms with Gasteiger partial charge in [-0.3, -0.25) is 4.79 Å². The van der Waals surface area contributed by atoms with Crippen molar-refractivity contribution in [3.63, 3.8) is 0 Å². The van der Waals surface area contributed by atoms with E-state index in [2.05, 4.69) is 10.6 Å². The first kappa shape index (κ1) is 21.2. The molecule has 1 atom stereocenters. The molecule has 0 fully saturated rings. The summed E-state index contributed by atoms with van der Waals surface area (Å²) in [6.45, 7) is 3.32. The quantitative estimate of drug-likeness (QED) is 0.669. The first-order valence-corrected chi connectivity index (χ1v) is 7.54. The minimum Gasteiger partial charge on any atom is -0.356 e. The van der Waals surface area contributed by atoms with Crippen LogP contribution < -0.4 is 16.4 Å². The molecule has 4 N–H and O–H groups in total. The molecule has 0 aliphatic rings. The maximum absolute atomic E-state index is 11.9. The minimum atomic E-state index is -0.188. The summed E-state index contributed by atoms with van der Waals surface area (Å²) in [7, 11) is 1.73. The van der Waals surface area contributed by atoms with Crippen LogP contribution in [-0.4, -0.2) is 43.0 Å². The van der Waals surface area contributed by atoms with Crippen LogP contribution in [0.4, 0.5) is 4.79 Å². The van der Waals surface area contributed by atoms with Gasteiger partial charge in [-0.25, -0.2) is 4.79 Å². The number of nitrogens with one attached hydrogen (secondary N) is 2. The van der Waals surface area contributed by atoms with Gasteiger partial charge in [-0.15, -0.1) is 12.4 Å². The Balaban J connectivity index is 0.00000484. The van der Waals surface area contributed by atoms with E-state index in [1.54, 1.807) is 11.9 Å². The third-order valence-corrected chi connectivity index (χ3v) is 3.16. The van der Waals surface area contributed by atoms with E-state index in [4.69, 9.17) is 5.73 Å². The number of carbonyl (C=O) groups is 2. The van der Waals surface area contributed by atoms with Gasteiger partial charge >= 0.3 is 6.03 Å². The molecule has 130 valence electrons. The fourth-order valence-electron chi connectivity index (χ4n) is 1.87. The van der Waals surface area contributed by atoms with Crippen LogP contribution in [-0.2, 0) is 11.3 Å². The summed E-state index contributed by atoms with van der Waals surface area (Å²) in [4.78, 5) is 25.0. The van der Waals surface area contributed by atoms with E-state index in [-0.39, 0.29) is 36.8 Å². The molecule has 1 aromatic carbocycles. The molecular formula is C16H27ClN4O2. The van der Waals surface area contributed by atoms with Crippen LogP contribution in [0.1, 0.15) is 25.3 Å². The summed E-state index contributed by atoms with van der Waals surface area (Å²) >= 11 is 0. The lowest BCUT2D eigenvalue weighted by atomic mass is 10.2. The fraction of sp³-hybridized carbons (Fsp3) is 0.500. The monoisotopic (exact) mass is 342 g/mol. The number of urea groups is 1. The highest BCUT2D eigenvalue weighted by Crippen LogP contribution is 2.02. The number of rotatable bonds is 8. The Hall–Kier alpha value is -1.79. The van der Waals surface area contributed by atoms with E-state index in [1.165, 1.54) is 0 Å². The molecule has 23 heavy (non-hydrogen) atoms. The van der Waals surface area contributed by atoms with Crippen molar-refractivity contribution in [1.82, 2.24) is 15.5 Å². The van der Waals surface area contributed by atoms with Crippen molar-refractivity contribution in [2.75, 3.05) is 20.1 Å². The van der Waals surface area contributed by atoms with Crippen LogP contribution in [0.3, 0.4) is 0 Å². The summed E-state index contributed by atoms with van der Waals surface area (Å²) < 4.78 is 0. The van der Waals surface area contributed by atoms with Crippen LogP contribution in [0.25, 0.3) is 0 Å². The number of carbonyl (C=O) groups excluding carboxylic acids is 2. The summed E-state index contributed by atoms with van der Waals surface area (Å²) in [6.07, 6.45) is 1.02. The fourth-order valence-corrected chi connectivity index (χ4v) is 1.87. The Labute approximate surface area is 144 Å². The lowest BCUT2D eigenvalue weighted by Gasteiger charge is -2.18. The van der Waals surface area contributed by atoms with Crippen molar-refractivity contribution in [1.29, 1.82) is 0 Å². The molecule has 1 unspecified atom stereocenters. The molecule has 0 aromatic heterocycles. The molecule has 0 heterocycles. The molecule has 0 saturated heterocycles. The highest BCUT2D eigenvalue weighted by molar-refractivity contribution is 5.85. The summed E-state index contributed by atoms with van der Waals surface area (Å²) in [5.74, 6) is -0.0772. The molecule has 0 radical (unpaired) electrons. The van der Waals surface area contributed by atoms with Crippen molar-refractivity contribution >= 4 is 24.3 Å². The predicted octanol–water partition coefficient (Wildman–Crippen LogP) is 1.49. The number of nitrogens with two attached hydrogens (primary N) is 1. The maximum atomic E-state index is 11.9. The number of amides is 3. The lowest BCUT2D eigenvalue weighted by Crippen LogP contribution is -2.39. The van der Waals surface area contributed by atoms with Gasteiger partial charge in [0.1, 0.15) is 0 Å². The third-order valence-electron chi connectivity index (χ3n) is 3.16. The smallest absolute Gasteiger partial charge is 0.317 e. The highest BCUT2D eigenvalue weighted by Gasteiger charge is 2.09. The van der Waals surface area contributed by atoms with Crippen LogP contribution in [0.2, 0.25) is 0 Å². The van der Waals surface area contributed by atoms with Crippen molar-refractivity contribution in [2.45, 2.75) is 32.4 Å². The third kappa shape index (κ3) is 9.76. The van der Waals surface area contributed by atoms with E-state index in [0.717, 1.165) is 12.0 Å². The highest BCUT2D eigenvalue weighted by atomic mass is 35.5. The van der Waals surface area contributed by atoms with E-state index < -0.39 is 0 Å². The number of benzene rings is 1. The minimum absolute atomic E-state index is 0. The van der Waals surface area contributed by atoms with Gasteiger partial charge in [0, 0.05) is 39.1 Å². The Morgan fingerprint density at radius 1 is 1.17 bits per heavy atom. The van der Waals surface area contributed by atoms with Gasteiger partial charge in [0.15, 0.2) is 0 Å². The van der Waals surface area contributed by atoms with E-state index in [1.807, 2.05) is 37.3 Å². The molecule has 0 bridgehead atoms. The standard InChI is InChI=1S/C16H26N4O2.ClH/c1-13(17)8-10-18-15(21)9-11-19-16(22)20(2)12-14-6-4-3-5-7-14;/h3-7,13H,8-12,17H2,1-2H3,(H,18,21)(H,19,22);1H. The molecule has 0 saturated carbocycles. The molecule has 1 rings (SSSR count). The van der Waals surface area contributed by atoms with Gasteiger partial charge in [-0.1, -0.05) is 30.3 Å². The second-order valence-corrected chi connectivity index (χ2v) is 5.44. The first-order valence-electron chi connectivity index (χ1n) is 7.54. The van der Waals surface area contributed by atoms with Crippen LogP contribution in [0.5, 0.6) is 0 Å². The largest absolute Gasteiger partial charge is 0.356 e. The number of hydrogen-bond donors (Lipinski definition) is 3. The second-order valence-electron chi connectivity index (χ2n) is 5.44. The molecule has 0 aliphatic carbocycles. The zero-order chi connectivity index (χ0) is 16.4. The van der Waals surface area contributed by atoms with Crippen molar-refractivity contribution in [3.8, 4) is 0 Å². The molecule has 1 aromatic rings. The van der Waals surface area contributed by atoms with Gasteiger partial charge in [-0.05, 0) is 18.9 Å². The summed E-state index contributed by atoms with van der Waals surface area (Å²) in [6, 6.07) is 9.64. The van der Waals surface area contributed by atoms with Gasteiger partial charge in [0.25, 0.3) is 0 Å². The average Bonchev–Trinajstić information content (AvgIpc) is 2.47. The Kier molecular flexibility index (Phi) is 10.8. The topological polar surface area (TPSA) is 87.5 Å². The number of nitrogens with zero attached hydrogens (tertiary/aromatic N) is 1. The second kappa shape index (κ2) is 11.7. The van der Waals surface area contributed by atoms with Crippen LogP contribution in [0, 0.1) is 0 Å². The van der Waals surface area contributed by atoms with Crippen LogP contribution >= 0.6 is 12.4 Å². The predicted molar refractivity (Wildman–Crippen MR) is 94.4 cm³/mol. The molecule has 6 nitrogen and oxygen atoms in total. The molecule has 0 spiro atoms. The Bertz CT molecular complexity index is 468. The average molecular weight is 343 g/mol. The lowest BCUT2D eigenvalue weighted by molar-refractivity contribution is -0.120. The molecule has 0 aliphatic heterocycles. The van der Waals surface area contributed by atoms with Gasteiger partial charge in [0.05, 0.1) is 0 Å². The van der Waals surface area contributed by atoms with E-state index in [0.29, 0.717) is 19.6 Å². The Morgan fingerprint density at radius 2 is 1.83 bits per heavy atom.